The van der Waals surface area contributed by atoms with Crippen LogP contribution in [0, 0.1) is 12.7 Å². The third-order valence-electron chi connectivity index (χ3n) is 2.60. The van der Waals surface area contributed by atoms with Gasteiger partial charge in [0.1, 0.15) is 15.7 Å². The van der Waals surface area contributed by atoms with E-state index < -0.39 is 0 Å². The first kappa shape index (κ1) is 14.6. The van der Waals surface area contributed by atoms with Crippen LogP contribution >= 0.6 is 11.3 Å². The lowest BCUT2D eigenvalue weighted by Gasteiger charge is -2.05. The van der Waals surface area contributed by atoms with Crippen molar-refractivity contribution in [2.45, 2.75) is 13.5 Å². The van der Waals surface area contributed by atoms with E-state index in [1.165, 1.54) is 35.6 Å². The Labute approximate surface area is 121 Å². The Morgan fingerprint density at radius 3 is 2.60 bits per heavy atom. The number of carbonyl (C=O) groups excluding carboxylic acids is 1. The van der Waals surface area contributed by atoms with Gasteiger partial charge in [0.05, 0.1) is 5.69 Å². The van der Waals surface area contributed by atoms with Gasteiger partial charge in [0.25, 0.3) is 5.91 Å². The first-order valence-electron chi connectivity index (χ1n) is 6.13. The molecule has 2 aromatic rings. The number of carbonyl (C=O) groups is 1. The number of hydrogen-bond donors (Lipinski definition) is 1. The Hall–Kier alpha value is -1.79. The number of amides is 1. The molecule has 0 saturated heterocycles. The van der Waals surface area contributed by atoms with Gasteiger partial charge in [-0.2, -0.15) is 0 Å². The van der Waals surface area contributed by atoms with Gasteiger partial charge in [-0.05, 0) is 45.3 Å². The van der Waals surface area contributed by atoms with Gasteiger partial charge < -0.3 is 10.2 Å². The quantitative estimate of drug-likeness (QED) is 0.942. The van der Waals surface area contributed by atoms with Crippen LogP contribution in [0.25, 0.3) is 0 Å². The number of halogens is 1. The summed E-state index contributed by atoms with van der Waals surface area (Å²) in [7, 11) is 3.91. The van der Waals surface area contributed by atoms with Crippen LogP contribution in [0.4, 0.5) is 10.1 Å². The molecule has 0 radical (unpaired) electrons. The summed E-state index contributed by atoms with van der Waals surface area (Å²) >= 11 is 1.38. The van der Waals surface area contributed by atoms with Gasteiger partial charge in [0.2, 0.25) is 0 Å². The highest BCUT2D eigenvalue weighted by atomic mass is 32.1. The van der Waals surface area contributed by atoms with Crippen LogP contribution in [0.1, 0.15) is 20.4 Å². The summed E-state index contributed by atoms with van der Waals surface area (Å²) in [5.74, 6) is -0.540. The summed E-state index contributed by atoms with van der Waals surface area (Å²) in [5.41, 5.74) is 1.28. The van der Waals surface area contributed by atoms with Crippen molar-refractivity contribution >= 4 is 22.9 Å². The maximum Gasteiger partial charge on any atom is 0.267 e. The summed E-state index contributed by atoms with van der Waals surface area (Å²) in [6.07, 6.45) is 0. The lowest BCUT2D eigenvalue weighted by atomic mass is 10.3. The molecule has 4 nitrogen and oxygen atoms in total. The molecule has 0 saturated carbocycles. The Balaban J connectivity index is 2.12. The molecule has 1 amide bonds. The molecule has 106 valence electrons. The monoisotopic (exact) mass is 293 g/mol. The summed E-state index contributed by atoms with van der Waals surface area (Å²) < 4.78 is 12.8. The Kier molecular flexibility index (Phi) is 4.46. The average Bonchev–Trinajstić information content (AvgIpc) is 2.72. The summed E-state index contributed by atoms with van der Waals surface area (Å²) in [5, 5.41) is 3.64. The van der Waals surface area contributed by atoms with Crippen molar-refractivity contribution in [1.29, 1.82) is 0 Å². The zero-order chi connectivity index (χ0) is 14.7. The zero-order valence-corrected chi connectivity index (χ0v) is 12.4. The van der Waals surface area contributed by atoms with Crippen LogP contribution in [0.2, 0.25) is 0 Å². The summed E-state index contributed by atoms with van der Waals surface area (Å²) in [6, 6.07) is 5.69. The lowest BCUT2D eigenvalue weighted by molar-refractivity contribution is 0.103. The molecule has 0 unspecified atom stereocenters. The molecule has 0 aliphatic carbocycles. The number of thiazole rings is 1. The molecule has 1 aromatic heterocycles. The van der Waals surface area contributed by atoms with Crippen molar-refractivity contribution in [1.82, 2.24) is 9.88 Å². The van der Waals surface area contributed by atoms with Crippen molar-refractivity contribution in [2.75, 3.05) is 19.4 Å². The number of nitrogens with zero attached hydrogens (tertiary/aromatic N) is 2. The predicted molar refractivity (Wildman–Crippen MR) is 78.6 cm³/mol. The highest BCUT2D eigenvalue weighted by Gasteiger charge is 2.15. The number of anilines is 1. The lowest BCUT2D eigenvalue weighted by Crippen LogP contribution is -2.11. The summed E-state index contributed by atoms with van der Waals surface area (Å²) in [6.45, 7) is 2.52. The number of nitrogens with one attached hydrogen (secondary N) is 1. The molecule has 1 heterocycles. The second-order valence-corrected chi connectivity index (χ2v) is 5.80. The van der Waals surface area contributed by atoms with Gasteiger partial charge in [-0.15, -0.1) is 11.3 Å². The third kappa shape index (κ3) is 3.61. The van der Waals surface area contributed by atoms with Crippen molar-refractivity contribution in [3.05, 3.63) is 45.7 Å². The minimum atomic E-state index is -0.328. The van der Waals surface area contributed by atoms with Crippen molar-refractivity contribution < 1.29 is 9.18 Å². The van der Waals surface area contributed by atoms with Crippen LogP contribution in [-0.2, 0) is 6.54 Å². The molecule has 1 aromatic carbocycles. The topological polar surface area (TPSA) is 45.2 Å². The smallest absolute Gasteiger partial charge is 0.267 e. The average molecular weight is 293 g/mol. The minimum absolute atomic E-state index is 0.211. The van der Waals surface area contributed by atoms with Gasteiger partial charge >= 0.3 is 0 Å². The van der Waals surface area contributed by atoms with Gasteiger partial charge in [-0.25, -0.2) is 9.37 Å². The molecule has 0 aliphatic heterocycles. The van der Waals surface area contributed by atoms with E-state index in [1.54, 1.807) is 0 Å². The minimum Gasteiger partial charge on any atom is -0.321 e. The normalized spacial score (nSPS) is 10.8. The standard InChI is InChI=1S/C14H16FN3OS/c1-9-13(20-12(16-9)8-18(2)3)14(19)17-11-6-4-10(15)5-7-11/h4-7H,8H2,1-3H3,(H,17,19). The van der Waals surface area contributed by atoms with Crippen LogP contribution in [0.5, 0.6) is 0 Å². The SMILES string of the molecule is Cc1nc(CN(C)C)sc1C(=O)Nc1ccc(F)cc1. The molecule has 20 heavy (non-hydrogen) atoms. The fourth-order valence-corrected chi connectivity index (χ4v) is 2.80. The van der Waals surface area contributed by atoms with Crippen molar-refractivity contribution in [3.63, 3.8) is 0 Å². The number of rotatable bonds is 4. The second-order valence-electron chi connectivity index (χ2n) is 4.72. The molecule has 0 spiro atoms. The van der Waals surface area contributed by atoms with Crippen molar-refractivity contribution in [2.24, 2.45) is 0 Å². The number of hydrogen-bond acceptors (Lipinski definition) is 4. The highest BCUT2D eigenvalue weighted by Crippen LogP contribution is 2.20. The van der Waals surface area contributed by atoms with Crippen LogP contribution < -0.4 is 5.32 Å². The van der Waals surface area contributed by atoms with Crippen LogP contribution in [0.15, 0.2) is 24.3 Å². The van der Waals surface area contributed by atoms with E-state index in [0.29, 0.717) is 22.8 Å². The van der Waals surface area contributed by atoms with E-state index in [1.807, 2.05) is 25.9 Å². The zero-order valence-electron chi connectivity index (χ0n) is 11.6. The van der Waals surface area contributed by atoms with Gasteiger partial charge in [0.15, 0.2) is 0 Å². The highest BCUT2D eigenvalue weighted by molar-refractivity contribution is 7.13. The molecule has 6 heteroatoms. The van der Waals surface area contributed by atoms with Gasteiger partial charge in [-0.1, -0.05) is 0 Å². The molecular weight excluding hydrogens is 277 g/mol. The first-order valence-corrected chi connectivity index (χ1v) is 6.95. The fraction of sp³-hybridized carbons (Fsp3) is 0.286. The van der Waals surface area contributed by atoms with Gasteiger partial charge in [0, 0.05) is 12.2 Å². The maximum absolute atomic E-state index is 12.8. The van der Waals surface area contributed by atoms with E-state index in [2.05, 4.69) is 10.3 Å². The largest absolute Gasteiger partial charge is 0.321 e. The Bertz CT molecular complexity index is 607. The molecule has 0 bridgehead atoms. The molecule has 0 aliphatic rings. The van der Waals surface area contributed by atoms with E-state index in [4.69, 9.17) is 0 Å². The first-order chi connectivity index (χ1) is 9.45. The van der Waals surface area contributed by atoms with E-state index >= 15 is 0 Å². The number of benzene rings is 1. The Morgan fingerprint density at radius 2 is 2.00 bits per heavy atom. The van der Waals surface area contributed by atoms with E-state index in [-0.39, 0.29) is 11.7 Å². The number of aryl methyl sites for hydroxylation is 1. The summed E-state index contributed by atoms with van der Waals surface area (Å²) in [4.78, 5) is 19.1. The molecule has 0 fully saturated rings. The van der Waals surface area contributed by atoms with Crippen molar-refractivity contribution in [3.8, 4) is 0 Å². The second kappa shape index (κ2) is 6.11. The third-order valence-corrected chi connectivity index (χ3v) is 3.74. The molecule has 1 N–H and O–H groups in total. The van der Waals surface area contributed by atoms with Gasteiger partial charge in [-0.3, -0.25) is 4.79 Å². The van der Waals surface area contributed by atoms with E-state index in [0.717, 1.165) is 5.01 Å². The number of aromatic nitrogens is 1. The molecule has 2 rings (SSSR count). The van der Waals surface area contributed by atoms with Crippen LogP contribution in [0.3, 0.4) is 0 Å². The maximum atomic E-state index is 12.8. The molecule has 0 atom stereocenters. The van der Waals surface area contributed by atoms with E-state index in [9.17, 15) is 9.18 Å². The predicted octanol–water partition coefficient (Wildman–Crippen LogP) is 2.90. The Morgan fingerprint density at radius 1 is 1.35 bits per heavy atom. The van der Waals surface area contributed by atoms with Crippen LogP contribution in [-0.4, -0.2) is 29.9 Å². The molecular formula is C14H16FN3OS. The fourth-order valence-electron chi connectivity index (χ4n) is 1.72.